The van der Waals surface area contributed by atoms with Crippen LogP contribution in [0.15, 0.2) is 45.8 Å². The average molecular weight is 472 g/mol. The minimum atomic E-state index is -0.700. The van der Waals surface area contributed by atoms with Gasteiger partial charge >= 0.3 is 5.69 Å². The second kappa shape index (κ2) is 7.36. The normalized spacial score (nSPS) is 15.8. The largest absolute Gasteiger partial charge is 0.502 e. The van der Waals surface area contributed by atoms with E-state index in [4.69, 9.17) is 23.8 Å². The average Bonchev–Trinajstić information content (AvgIpc) is 2.84. The van der Waals surface area contributed by atoms with Gasteiger partial charge in [-0.05, 0) is 30.3 Å². The van der Waals surface area contributed by atoms with E-state index >= 15 is 0 Å². The molecule has 6 nitrogen and oxygen atoms in total. The smallest absolute Gasteiger partial charge is 0.312 e. The van der Waals surface area contributed by atoms with Crippen LogP contribution in [0.2, 0.25) is 5.02 Å². The summed E-state index contributed by atoms with van der Waals surface area (Å²) in [7, 11) is 0. The highest BCUT2D eigenvalue weighted by Crippen LogP contribution is 2.40. The highest BCUT2D eigenvalue weighted by molar-refractivity contribution is 9.10. The molecule has 0 unspecified atom stereocenters. The van der Waals surface area contributed by atoms with Crippen molar-refractivity contribution < 1.29 is 14.8 Å². The molecule has 1 fully saturated rings. The van der Waals surface area contributed by atoms with Gasteiger partial charge < -0.3 is 5.11 Å². The summed E-state index contributed by atoms with van der Waals surface area (Å²) in [4.78, 5) is 24.6. The topological polar surface area (TPSA) is 83.7 Å². The van der Waals surface area contributed by atoms with Crippen LogP contribution in [0.5, 0.6) is 5.75 Å². The Hall–Kier alpha value is -1.94. The Morgan fingerprint density at radius 3 is 2.73 bits per heavy atom. The van der Waals surface area contributed by atoms with Crippen molar-refractivity contribution in [3.63, 3.8) is 0 Å². The number of thioether (sulfide) groups is 1. The number of amides is 1. The van der Waals surface area contributed by atoms with Crippen LogP contribution in [0.3, 0.4) is 0 Å². The quantitative estimate of drug-likeness (QED) is 0.289. The lowest BCUT2D eigenvalue weighted by molar-refractivity contribution is -0.385. The van der Waals surface area contributed by atoms with E-state index in [0.717, 1.165) is 11.8 Å². The summed E-state index contributed by atoms with van der Waals surface area (Å²) < 4.78 is 0.700. The van der Waals surface area contributed by atoms with E-state index in [9.17, 15) is 20.0 Å². The van der Waals surface area contributed by atoms with Crippen molar-refractivity contribution in [2.24, 2.45) is 0 Å². The lowest BCUT2D eigenvalue weighted by Crippen LogP contribution is -2.27. The number of anilines is 1. The third-order valence-electron chi connectivity index (χ3n) is 3.43. The predicted molar refractivity (Wildman–Crippen MR) is 110 cm³/mol. The van der Waals surface area contributed by atoms with Gasteiger partial charge in [0.05, 0.1) is 15.5 Å². The third-order valence-corrected chi connectivity index (χ3v) is 5.42. The van der Waals surface area contributed by atoms with Gasteiger partial charge in [-0.3, -0.25) is 19.8 Å². The Bertz CT molecular complexity index is 996. The molecule has 132 valence electrons. The van der Waals surface area contributed by atoms with Gasteiger partial charge in [0.25, 0.3) is 5.91 Å². The Balaban J connectivity index is 2.03. The number of hydrogen-bond acceptors (Lipinski definition) is 6. The molecule has 0 radical (unpaired) electrons. The van der Waals surface area contributed by atoms with Gasteiger partial charge in [-0.25, -0.2) is 0 Å². The van der Waals surface area contributed by atoms with Crippen molar-refractivity contribution in [2.45, 2.75) is 0 Å². The van der Waals surface area contributed by atoms with E-state index in [1.54, 1.807) is 24.3 Å². The van der Waals surface area contributed by atoms with Crippen LogP contribution < -0.4 is 4.90 Å². The second-order valence-corrected chi connectivity index (χ2v) is 8.14. The molecule has 1 amide bonds. The molecule has 1 aliphatic rings. The number of phenols is 1. The molecular formula is C16H8BrClN2O4S2. The van der Waals surface area contributed by atoms with E-state index in [0.29, 0.717) is 19.5 Å². The monoisotopic (exact) mass is 470 g/mol. The highest BCUT2D eigenvalue weighted by Gasteiger charge is 2.34. The zero-order chi connectivity index (χ0) is 19.0. The maximum Gasteiger partial charge on any atom is 0.312 e. The maximum absolute atomic E-state index is 12.7. The number of nitrogens with zero attached hydrogens (tertiary/aromatic N) is 2. The number of thiocarbonyl (C=S) groups is 1. The van der Waals surface area contributed by atoms with Crippen molar-refractivity contribution >= 4 is 79.2 Å². The van der Waals surface area contributed by atoms with Crippen molar-refractivity contribution in [2.75, 3.05) is 4.90 Å². The number of aromatic hydroxyl groups is 1. The zero-order valence-electron chi connectivity index (χ0n) is 12.7. The van der Waals surface area contributed by atoms with Gasteiger partial charge in [0.1, 0.15) is 0 Å². The van der Waals surface area contributed by atoms with Crippen LogP contribution in [0.25, 0.3) is 6.08 Å². The first kappa shape index (κ1) is 18.8. The standard InChI is InChI=1S/C16H8BrClN2O4S2/c17-9-4-8(14(21)12(6-9)20(23)24)5-13-15(22)19(16(25)26-13)11-3-1-2-10(18)7-11/h1-7,21H/b13-5+. The Labute approximate surface area is 170 Å². The van der Waals surface area contributed by atoms with Crippen molar-refractivity contribution in [3.05, 3.63) is 66.5 Å². The first-order valence-electron chi connectivity index (χ1n) is 6.98. The first-order chi connectivity index (χ1) is 12.3. The molecule has 1 saturated heterocycles. The number of phenolic OH excluding ortho intramolecular Hbond substituents is 1. The van der Waals surface area contributed by atoms with Crippen molar-refractivity contribution in [1.29, 1.82) is 0 Å². The Morgan fingerprint density at radius 2 is 2.08 bits per heavy atom. The molecule has 1 aliphatic heterocycles. The molecule has 0 atom stereocenters. The SMILES string of the molecule is O=C1/C(=C\c2cc(Br)cc([N+](=O)[O-])c2O)SC(=S)N1c1cccc(Cl)c1. The van der Waals surface area contributed by atoms with Gasteiger partial charge in [-0.2, -0.15) is 0 Å². The first-order valence-corrected chi connectivity index (χ1v) is 9.38. The Kier molecular flexibility index (Phi) is 5.33. The minimum absolute atomic E-state index is 0.137. The highest BCUT2D eigenvalue weighted by atomic mass is 79.9. The molecular weight excluding hydrogens is 464 g/mol. The molecule has 1 heterocycles. The summed E-state index contributed by atoms with van der Waals surface area (Å²) in [6.45, 7) is 0. The molecule has 0 saturated carbocycles. The molecule has 0 aromatic heterocycles. The number of rotatable bonds is 3. The van der Waals surface area contributed by atoms with E-state index in [1.807, 2.05) is 0 Å². The number of carbonyl (C=O) groups is 1. The van der Waals surface area contributed by atoms with Crippen LogP contribution in [0.1, 0.15) is 5.56 Å². The molecule has 0 spiro atoms. The lowest BCUT2D eigenvalue weighted by Gasteiger charge is -2.14. The van der Waals surface area contributed by atoms with Gasteiger partial charge in [0, 0.05) is 21.1 Å². The van der Waals surface area contributed by atoms with Crippen LogP contribution in [-0.4, -0.2) is 20.3 Å². The number of carbonyl (C=O) groups excluding carboxylic acids is 1. The fraction of sp³-hybridized carbons (Fsp3) is 0. The number of nitro benzene ring substituents is 1. The van der Waals surface area contributed by atoms with E-state index < -0.39 is 22.3 Å². The van der Waals surface area contributed by atoms with Gasteiger partial charge in [-0.15, -0.1) is 0 Å². The summed E-state index contributed by atoms with van der Waals surface area (Å²) in [5.74, 6) is -0.921. The minimum Gasteiger partial charge on any atom is -0.502 e. The summed E-state index contributed by atoms with van der Waals surface area (Å²) in [5, 5.41) is 21.6. The fourth-order valence-corrected chi connectivity index (χ4v) is 4.24. The van der Waals surface area contributed by atoms with Crippen molar-refractivity contribution in [1.82, 2.24) is 0 Å². The second-order valence-electron chi connectivity index (χ2n) is 5.12. The molecule has 2 aromatic carbocycles. The Morgan fingerprint density at radius 1 is 1.35 bits per heavy atom. The molecule has 26 heavy (non-hydrogen) atoms. The van der Waals surface area contributed by atoms with Crippen molar-refractivity contribution in [3.8, 4) is 5.75 Å². The summed E-state index contributed by atoms with van der Waals surface area (Å²) in [5.41, 5.74) is 0.196. The van der Waals surface area contributed by atoms with Gasteiger partial charge in [0.15, 0.2) is 4.32 Å². The lowest BCUT2D eigenvalue weighted by atomic mass is 10.1. The molecule has 10 heteroatoms. The van der Waals surface area contributed by atoms with E-state index in [-0.39, 0.29) is 10.5 Å². The number of benzene rings is 2. The molecule has 0 bridgehead atoms. The maximum atomic E-state index is 12.7. The molecule has 2 aromatic rings. The predicted octanol–water partition coefficient (Wildman–Crippen LogP) is 5.12. The van der Waals surface area contributed by atoms with Crippen LogP contribution >= 0.6 is 51.5 Å². The number of halogens is 2. The van der Waals surface area contributed by atoms with Crippen LogP contribution in [0.4, 0.5) is 11.4 Å². The van der Waals surface area contributed by atoms with E-state index in [1.165, 1.54) is 23.1 Å². The molecule has 1 N–H and O–H groups in total. The van der Waals surface area contributed by atoms with Crippen LogP contribution in [0, 0.1) is 10.1 Å². The zero-order valence-corrected chi connectivity index (χ0v) is 16.7. The summed E-state index contributed by atoms with van der Waals surface area (Å²) >= 11 is 15.4. The summed E-state index contributed by atoms with van der Waals surface area (Å²) in [6.07, 6.45) is 1.37. The fourth-order valence-electron chi connectivity index (χ4n) is 2.30. The third kappa shape index (κ3) is 3.61. The summed E-state index contributed by atoms with van der Waals surface area (Å²) in [6, 6.07) is 9.34. The van der Waals surface area contributed by atoms with Crippen LogP contribution in [-0.2, 0) is 4.79 Å². The number of nitro groups is 1. The van der Waals surface area contributed by atoms with Gasteiger partial charge in [0.2, 0.25) is 5.75 Å². The molecule has 0 aliphatic carbocycles. The number of hydrogen-bond donors (Lipinski definition) is 1. The van der Waals surface area contributed by atoms with E-state index in [2.05, 4.69) is 15.9 Å². The molecule has 3 rings (SSSR count). The van der Waals surface area contributed by atoms with Gasteiger partial charge in [-0.1, -0.05) is 57.6 Å².